The van der Waals surface area contributed by atoms with Crippen LogP contribution in [0.15, 0.2) is 18.2 Å². The minimum Gasteiger partial charge on any atom is -0.383 e. The molecule has 2 amide bonds. The molecule has 0 unspecified atom stereocenters. The Labute approximate surface area is 108 Å². The van der Waals surface area contributed by atoms with E-state index in [0.717, 1.165) is 30.8 Å². The Balaban J connectivity index is 2.12. The van der Waals surface area contributed by atoms with Gasteiger partial charge in [-0.1, -0.05) is 12.1 Å². The standard InChI is InChI=1S/C14H21N3O/c1-14(2,3)17-13(18)16-11-8-4-6-10-7-5-9-15-12(10)11/h4,6,8,15H,5,7,9H2,1-3H3,(H2,16,17,18). The van der Waals surface area contributed by atoms with Gasteiger partial charge in [0.1, 0.15) is 0 Å². The quantitative estimate of drug-likeness (QED) is 0.714. The third kappa shape index (κ3) is 3.15. The minimum absolute atomic E-state index is 0.164. The van der Waals surface area contributed by atoms with Crippen LogP contribution in [-0.4, -0.2) is 18.1 Å². The van der Waals surface area contributed by atoms with Crippen LogP contribution in [-0.2, 0) is 6.42 Å². The van der Waals surface area contributed by atoms with Crippen LogP contribution in [0.4, 0.5) is 16.2 Å². The van der Waals surface area contributed by atoms with Gasteiger partial charge in [-0.3, -0.25) is 0 Å². The molecule has 1 aromatic rings. The first-order valence-electron chi connectivity index (χ1n) is 6.41. The van der Waals surface area contributed by atoms with Crippen molar-refractivity contribution in [3.63, 3.8) is 0 Å². The van der Waals surface area contributed by atoms with Crippen LogP contribution in [0.1, 0.15) is 32.8 Å². The van der Waals surface area contributed by atoms with Gasteiger partial charge in [0.25, 0.3) is 0 Å². The fraction of sp³-hybridized carbons (Fsp3) is 0.500. The Bertz CT molecular complexity index is 449. The van der Waals surface area contributed by atoms with Gasteiger partial charge in [-0.15, -0.1) is 0 Å². The van der Waals surface area contributed by atoms with E-state index < -0.39 is 0 Å². The fourth-order valence-electron chi connectivity index (χ4n) is 2.11. The number of urea groups is 1. The summed E-state index contributed by atoms with van der Waals surface area (Å²) in [5.74, 6) is 0. The summed E-state index contributed by atoms with van der Waals surface area (Å²) in [5, 5.41) is 9.17. The number of rotatable bonds is 1. The van der Waals surface area contributed by atoms with E-state index in [2.05, 4.69) is 22.0 Å². The second kappa shape index (κ2) is 4.88. The SMILES string of the molecule is CC(C)(C)NC(=O)Nc1cccc2c1NCCC2. The predicted molar refractivity (Wildman–Crippen MR) is 75.2 cm³/mol. The maximum atomic E-state index is 11.9. The Morgan fingerprint density at radius 2 is 2.11 bits per heavy atom. The Morgan fingerprint density at radius 1 is 1.33 bits per heavy atom. The molecule has 0 spiro atoms. The molecule has 0 aliphatic carbocycles. The zero-order valence-electron chi connectivity index (χ0n) is 11.3. The molecular formula is C14H21N3O. The highest BCUT2D eigenvalue weighted by atomic mass is 16.2. The van der Waals surface area contributed by atoms with Gasteiger partial charge in [-0.2, -0.15) is 0 Å². The van der Waals surface area contributed by atoms with Gasteiger partial charge in [-0.05, 0) is 45.2 Å². The lowest BCUT2D eigenvalue weighted by atomic mass is 10.0. The topological polar surface area (TPSA) is 53.2 Å². The van der Waals surface area contributed by atoms with Gasteiger partial charge in [0.15, 0.2) is 0 Å². The summed E-state index contributed by atoms with van der Waals surface area (Å²) >= 11 is 0. The number of hydrogen-bond donors (Lipinski definition) is 3. The van der Waals surface area contributed by atoms with Gasteiger partial charge in [0, 0.05) is 12.1 Å². The van der Waals surface area contributed by atoms with E-state index in [1.54, 1.807) is 0 Å². The number of anilines is 2. The average molecular weight is 247 g/mol. The zero-order valence-corrected chi connectivity index (χ0v) is 11.3. The second-order valence-corrected chi connectivity index (χ2v) is 5.70. The van der Waals surface area contributed by atoms with Gasteiger partial charge >= 0.3 is 6.03 Å². The molecule has 3 N–H and O–H groups in total. The normalized spacial score (nSPS) is 14.4. The lowest BCUT2D eigenvalue weighted by Crippen LogP contribution is -2.43. The highest BCUT2D eigenvalue weighted by molar-refractivity contribution is 5.94. The maximum Gasteiger partial charge on any atom is 0.319 e. The van der Waals surface area contributed by atoms with Crippen LogP contribution in [0.2, 0.25) is 0 Å². The van der Waals surface area contributed by atoms with Gasteiger partial charge in [0.05, 0.1) is 11.4 Å². The minimum atomic E-state index is -0.230. The summed E-state index contributed by atoms with van der Waals surface area (Å²) < 4.78 is 0. The van der Waals surface area contributed by atoms with Crippen molar-refractivity contribution in [1.29, 1.82) is 0 Å². The fourth-order valence-corrected chi connectivity index (χ4v) is 2.11. The molecule has 1 heterocycles. The van der Waals surface area contributed by atoms with Crippen LogP contribution in [0.25, 0.3) is 0 Å². The largest absolute Gasteiger partial charge is 0.383 e. The summed E-state index contributed by atoms with van der Waals surface area (Å²) in [6.45, 7) is 6.86. The van der Waals surface area contributed by atoms with Crippen molar-refractivity contribution in [2.24, 2.45) is 0 Å². The number of fused-ring (bicyclic) bond motifs is 1. The van der Waals surface area contributed by atoms with Crippen molar-refractivity contribution >= 4 is 17.4 Å². The first kappa shape index (κ1) is 12.7. The van der Waals surface area contributed by atoms with Gasteiger partial charge in [-0.25, -0.2) is 4.79 Å². The number of benzene rings is 1. The van der Waals surface area contributed by atoms with Crippen LogP contribution < -0.4 is 16.0 Å². The summed E-state index contributed by atoms with van der Waals surface area (Å²) in [6.07, 6.45) is 2.21. The molecule has 1 aliphatic heterocycles. The van der Waals surface area contributed by atoms with E-state index in [-0.39, 0.29) is 11.6 Å². The molecule has 0 saturated carbocycles. The van der Waals surface area contributed by atoms with Crippen molar-refractivity contribution in [2.45, 2.75) is 39.2 Å². The molecule has 98 valence electrons. The van der Waals surface area contributed by atoms with Crippen LogP contribution in [0, 0.1) is 0 Å². The summed E-state index contributed by atoms with van der Waals surface area (Å²) in [5.41, 5.74) is 2.96. The van der Waals surface area contributed by atoms with Gasteiger partial charge < -0.3 is 16.0 Å². The molecule has 2 rings (SSSR count). The van der Waals surface area contributed by atoms with E-state index >= 15 is 0 Å². The highest BCUT2D eigenvalue weighted by Gasteiger charge is 2.17. The molecule has 0 radical (unpaired) electrons. The highest BCUT2D eigenvalue weighted by Crippen LogP contribution is 2.29. The van der Waals surface area contributed by atoms with Crippen LogP contribution in [0.3, 0.4) is 0 Å². The van der Waals surface area contributed by atoms with E-state index in [4.69, 9.17) is 0 Å². The number of nitrogens with one attached hydrogen (secondary N) is 3. The number of para-hydroxylation sites is 1. The predicted octanol–water partition coefficient (Wildman–Crippen LogP) is 2.96. The molecule has 0 atom stereocenters. The Hall–Kier alpha value is -1.71. The summed E-state index contributed by atoms with van der Waals surface area (Å²) in [6, 6.07) is 5.86. The summed E-state index contributed by atoms with van der Waals surface area (Å²) in [7, 11) is 0. The number of carbonyl (C=O) groups excluding carboxylic acids is 1. The van der Waals surface area contributed by atoms with Crippen molar-refractivity contribution in [3.8, 4) is 0 Å². The smallest absolute Gasteiger partial charge is 0.319 e. The molecule has 18 heavy (non-hydrogen) atoms. The van der Waals surface area contributed by atoms with E-state index in [1.165, 1.54) is 5.56 Å². The van der Waals surface area contributed by atoms with Crippen LogP contribution in [0.5, 0.6) is 0 Å². The molecule has 0 saturated heterocycles. The third-order valence-electron chi connectivity index (χ3n) is 2.81. The molecule has 4 nitrogen and oxygen atoms in total. The number of amides is 2. The van der Waals surface area contributed by atoms with Crippen LogP contribution >= 0.6 is 0 Å². The van der Waals surface area contributed by atoms with Gasteiger partial charge in [0.2, 0.25) is 0 Å². The molecule has 0 fully saturated rings. The van der Waals surface area contributed by atoms with E-state index in [9.17, 15) is 4.79 Å². The molecule has 1 aliphatic rings. The van der Waals surface area contributed by atoms with Crippen molar-refractivity contribution in [2.75, 3.05) is 17.2 Å². The first-order chi connectivity index (χ1) is 8.46. The van der Waals surface area contributed by atoms with E-state index in [0.29, 0.717) is 0 Å². The van der Waals surface area contributed by atoms with Crippen molar-refractivity contribution in [3.05, 3.63) is 23.8 Å². The second-order valence-electron chi connectivity index (χ2n) is 5.70. The zero-order chi connectivity index (χ0) is 13.2. The lowest BCUT2D eigenvalue weighted by molar-refractivity contribution is 0.244. The molecular weight excluding hydrogens is 226 g/mol. The number of aryl methyl sites for hydroxylation is 1. The number of hydrogen-bond acceptors (Lipinski definition) is 2. The molecule has 4 heteroatoms. The first-order valence-corrected chi connectivity index (χ1v) is 6.41. The Morgan fingerprint density at radius 3 is 2.83 bits per heavy atom. The third-order valence-corrected chi connectivity index (χ3v) is 2.81. The summed E-state index contributed by atoms with van der Waals surface area (Å²) in [4.78, 5) is 11.9. The molecule has 0 aromatic heterocycles. The van der Waals surface area contributed by atoms with Crippen molar-refractivity contribution in [1.82, 2.24) is 5.32 Å². The Kier molecular flexibility index (Phi) is 3.45. The lowest BCUT2D eigenvalue weighted by Gasteiger charge is -2.24. The molecule has 0 bridgehead atoms. The average Bonchev–Trinajstić information content (AvgIpc) is 2.27. The number of carbonyl (C=O) groups is 1. The molecule has 1 aromatic carbocycles. The van der Waals surface area contributed by atoms with Crippen molar-refractivity contribution < 1.29 is 4.79 Å². The van der Waals surface area contributed by atoms with E-state index in [1.807, 2.05) is 32.9 Å². The maximum absolute atomic E-state index is 11.9. The monoisotopic (exact) mass is 247 g/mol.